The molecule has 1 aliphatic carbocycles. The normalized spacial score (nSPS) is 30.4. The summed E-state index contributed by atoms with van der Waals surface area (Å²) in [6.45, 7) is 1.99. The Morgan fingerprint density at radius 3 is 2.10 bits per heavy atom. The van der Waals surface area contributed by atoms with E-state index in [1.807, 2.05) is 0 Å². The van der Waals surface area contributed by atoms with E-state index in [1.54, 1.807) is 0 Å². The van der Waals surface area contributed by atoms with Crippen LogP contribution in [0.2, 0.25) is 0 Å². The van der Waals surface area contributed by atoms with Crippen LogP contribution in [0.4, 0.5) is 13.2 Å². The number of nitrogens with zero attached hydrogens (tertiary/aromatic N) is 1. The van der Waals surface area contributed by atoms with E-state index in [2.05, 4.69) is 10.0 Å². The molecular formula is C11H20F3N3O2S. The van der Waals surface area contributed by atoms with Crippen molar-refractivity contribution in [2.45, 2.75) is 37.9 Å². The Bertz CT molecular complexity index is 413. The molecule has 2 N–H and O–H groups in total. The summed E-state index contributed by atoms with van der Waals surface area (Å²) < 4.78 is 65.7. The van der Waals surface area contributed by atoms with Crippen LogP contribution in [0.5, 0.6) is 0 Å². The lowest BCUT2D eigenvalue weighted by Gasteiger charge is -2.33. The van der Waals surface area contributed by atoms with E-state index < -0.39 is 22.3 Å². The molecule has 1 aliphatic heterocycles. The van der Waals surface area contributed by atoms with E-state index in [0.717, 1.165) is 0 Å². The van der Waals surface area contributed by atoms with Crippen molar-refractivity contribution in [3.63, 3.8) is 0 Å². The fourth-order valence-corrected chi connectivity index (χ4v) is 4.18. The van der Waals surface area contributed by atoms with E-state index in [-0.39, 0.29) is 31.7 Å². The molecule has 0 aromatic rings. The number of hydrogen-bond donors (Lipinski definition) is 2. The van der Waals surface area contributed by atoms with Crippen molar-refractivity contribution in [1.29, 1.82) is 0 Å². The summed E-state index contributed by atoms with van der Waals surface area (Å²) >= 11 is 0. The third-order valence-electron chi connectivity index (χ3n) is 3.92. The van der Waals surface area contributed by atoms with Gasteiger partial charge in [-0.05, 0) is 25.7 Å². The summed E-state index contributed by atoms with van der Waals surface area (Å²) in [5.74, 6) is -1.29. The lowest BCUT2D eigenvalue weighted by Crippen LogP contribution is -2.53. The van der Waals surface area contributed by atoms with Gasteiger partial charge in [0, 0.05) is 32.2 Å². The molecule has 0 radical (unpaired) electrons. The summed E-state index contributed by atoms with van der Waals surface area (Å²) in [4.78, 5) is 0. The van der Waals surface area contributed by atoms with Crippen LogP contribution in [-0.4, -0.2) is 51.1 Å². The molecule has 0 unspecified atom stereocenters. The topological polar surface area (TPSA) is 61.4 Å². The van der Waals surface area contributed by atoms with E-state index in [0.29, 0.717) is 26.2 Å². The number of rotatable bonds is 3. The second-order valence-electron chi connectivity index (χ2n) is 5.36. The second kappa shape index (κ2) is 6.17. The van der Waals surface area contributed by atoms with Crippen LogP contribution in [0.1, 0.15) is 25.7 Å². The van der Waals surface area contributed by atoms with Crippen molar-refractivity contribution < 1.29 is 21.6 Å². The number of hydrogen-bond acceptors (Lipinski definition) is 3. The Morgan fingerprint density at radius 2 is 1.60 bits per heavy atom. The fourth-order valence-electron chi connectivity index (χ4n) is 2.71. The van der Waals surface area contributed by atoms with Gasteiger partial charge in [0.2, 0.25) is 0 Å². The first-order valence-electron chi connectivity index (χ1n) is 6.84. The molecule has 20 heavy (non-hydrogen) atoms. The van der Waals surface area contributed by atoms with Crippen molar-refractivity contribution >= 4 is 10.2 Å². The number of halogens is 3. The van der Waals surface area contributed by atoms with Gasteiger partial charge in [0.15, 0.2) is 0 Å². The molecule has 0 bridgehead atoms. The van der Waals surface area contributed by atoms with Gasteiger partial charge in [-0.25, -0.2) is 0 Å². The number of piperazine rings is 1. The number of alkyl halides is 3. The van der Waals surface area contributed by atoms with Gasteiger partial charge in [-0.15, -0.1) is 0 Å². The van der Waals surface area contributed by atoms with Gasteiger partial charge in [-0.3, -0.25) is 0 Å². The lowest BCUT2D eigenvalue weighted by molar-refractivity contribution is -0.182. The molecule has 118 valence electrons. The van der Waals surface area contributed by atoms with Gasteiger partial charge in [-0.2, -0.15) is 30.6 Å². The minimum absolute atomic E-state index is 0.00174. The van der Waals surface area contributed by atoms with Gasteiger partial charge in [0.25, 0.3) is 10.2 Å². The smallest absolute Gasteiger partial charge is 0.314 e. The van der Waals surface area contributed by atoms with Crippen molar-refractivity contribution in [3.05, 3.63) is 0 Å². The first-order valence-corrected chi connectivity index (χ1v) is 8.28. The maximum absolute atomic E-state index is 12.5. The molecule has 5 nitrogen and oxygen atoms in total. The molecule has 1 saturated heterocycles. The van der Waals surface area contributed by atoms with Gasteiger partial charge in [0.1, 0.15) is 0 Å². The summed E-state index contributed by atoms with van der Waals surface area (Å²) in [6.07, 6.45) is -3.68. The highest BCUT2D eigenvalue weighted by atomic mass is 32.2. The Balaban J connectivity index is 1.85. The first-order chi connectivity index (χ1) is 9.29. The minimum Gasteiger partial charge on any atom is -0.314 e. The van der Waals surface area contributed by atoms with Crippen LogP contribution in [0.25, 0.3) is 0 Å². The van der Waals surface area contributed by atoms with Gasteiger partial charge < -0.3 is 5.32 Å². The molecule has 0 spiro atoms. The molecule has 0 atom stereocenters. The Kier molecular flexibility index (Phi) is 4.93. The highest BCUT2D eigenvalue weighted by Gasteiger charge is 2.42. The molecule has 2 rings (SSSR count). The van der Waals surface area contributed by atoms with Crippen molar-refractivity contribution in [2.75, 3.05) is 26.2 Å². The third kappa shape index (κ3) is 4.06. The Morgan fingerprint density at radius 1 is 1.05 bits per heavy atom. The highest BCUT2D eigenvalue weighted by Crippen LogP contribution is 2.37. The fraction of sp³-hybridized carbons (Fsp3) is 1.00. The van der Waals surface area contributed by atoms with E-state index >= 15 is 0 Å². The average molecular weight is 315 g/mol. The van der Waals surface area contributed by atoms with Crippen molar-refractivity contribution in [2.24, 2.45) is 5.92 Å². The Labute approximate surface area is 117 Å². The van der Waals surface area contributed by atoms with Crippen molar-refractivity contribution in [3.8, 4) is 0 Å². The molecule has 1 saturated carbocycles. The maximum Gasteiger partial charge on any atom is 0.391 e. The third-order valence-corrected chi connectivity index (χ3v) is 5.60. The van der Waals surface area contributed by atoms with E-state index in [4.69, 9.17) is 0 Å². The SMILES string of the molecule is O=S(=O)(NC1CCC(C(F)(F)F)CC1)N1CCNCC1. The monoisotopic (exact) mass is 315 g/mol. The van der Waals surface area contributed by atoms with Crippen LogP contribution < -0.4 is 10.0 Å². The molecule has 0 aromatic heterocycles. The largest absolute Gasteiger partial charge is 0.391 e. The quantitative estimate of drug-likeness (QED) is 0.811. The summed E-state index contributed by atoms with van der Waals surface area (Å²) in [7, 11) is -3.57. The van der Waals surface area contributed by atoms with Gasteiger partial charge in [-0.1, -0.05) is 0 Å². The average Bonchev–Trinajstić information content (AvgIpc) is 2.39. The van der Waals surface area contributed by atoms with Gasteiger partial charge in [0.05, 0.1) is 5.92 Å². The first kappa shape index (κ1) is 16.0. The standard InChI is InChI=1S/C11H20F3N3O2S/c12-11(13,14)9-1-3-10(4-2-9)16-20(18,19)17-7-5-15-6-8-17/h9-10,15-16H,1-8H2. The zero-order valence-corrected chi connectivity index (χ0v) is 11.9. The summed E-state index contributed by atoms with van der Waals surface area (Å²) in [5, 5.41) is 3.05. The van der Waals surface area contributed by atoms with Gasteiger partial charge >= 0.3 is 6.18 Å². The van der Waals surface area contributed by atoms with Crippen molar-refractivity contribution in [1.82, 2.24) is 14.3 Å². The highest BCUT2D eigenvalue weighted by molar-refractivity contribution is 7.87. The predicted molar refractivity (Wildman–Crippen MR) is 68.3 cm³/mol. The van der Waals surface area contributed by atoms with Crippen LogP contribution in [0.3, 0.4) is 0 Å². The molecule has 2 aliphatic rings. The van der Waals surface area contributed by atoms with Crippen LogP contribution in [0, 0.1) is 5.92 Å². The molecule has 2 fully saturated rings. The second-order valence-corrected chi connectivity index (χ2v) is 7.06. The molecule has 0 aromatic carbocycles. The summed E-state index contributed by atoms with van der Waals surface area (Å²) in [6, 6.07) is -0.381. The van der Waals surface area contributed by atoms with Crippen LogP contribution in [0.15, 0.2) is 0 Å². The summed E-state index contributed by atoms with van der Waals surface area (Å²) in [5.41, 5.74) is 0. The van der Waals surface area contributed by atoms with E-state index in [1.165, 1.54) is 4.31 Å². The molecule has 9 heteroatoms. The molecule has 0 amide bonds. The molecular weight excluding hydrogens is 295 g/mol. The zero-order chi connectivity index (χ0) is 14.8. The minimum atomic E-state index is -4.16. The van der Waals surface area contributed by atoms with E-state index in [9.17, 15) is 21.6 Å². The molecule has 1 heterocycles. The lowest BCUT2D eigenvalue weighted by atomic mass is 9.86. The maximum atomic E-state index is 12.5. The van der Waals surface area contributed by atoms with Crippen LogP contribution >= 0.6 is 0 Å². The number of nitrogens with one attached hydrogen (secondary N) is 2. The predicted octanol–water partition coefficient (Wildman–Crippen LogP) is 0.847. The van der Waals surface area contributed by atoms with Crippen LogP contribution in [-0.2, 0) is 10.2 Å². The Hall–Kier alpha value is -0.380. The zero-order valence-electron chi connectivity index (χ0n) is 11.1.